The molecule has 0 bridgehead atoms. The SMILES string of the molecule is COc1ccc(N)c(NCCOCCC(C)C)c1. The van der Waals surface area contributed by atoms with Gasteiger partial charge in [0.25, 0.3) is 0 Å². The highest BCUT2D eigenvalue weighted by Gasteiger charge is 2.00. The Bertz CT molecular complexity index is 354. The first-order valence-corrected chi connectivity index (χ1v) is 6.38. The summed E-state index contributed by atoms with van der Waals surface area (Å²) >= 11 is 0. The van der Waals surface area contributed by atoms with E-state index in [4.69, 9.17) is 15.2 Å². The van der Waals surface area contributed by atoms with Crippen molar-refractivity contribution >= 4 is 11.4 Å². The molecule has 1 rings (SSSR count). The van der Waals surface area contributed by atoms with Crippen molar-refractivity contribution in [2.24, 2.45) is 5.92 Å². The number of anilines is 2. The summed E-state index contributed by atoms with van der Waals surface area (Å²) in [6, 6.07) is 5.57. The van der Waals surface area contributed by atoms with Crippen molar-refractivity contribution in [1.29, 1.82) is 0 Å². The first-order chi connectivity index (χ1) is 8.63. The maximum absolute atomic E-state index is 5.87. The molecule has 1 aromatic rings. The highest BCUT2D eigenvalue weighted by Crippen LogP contribution is 2.23. The van der Waals surface area contributed by atoms with Crippen LogP contribution in [0.25, 0.3) is 0 Å². The smallest absolute Gasteiger partial charge is 0.121 e. The number of ether oxygens (including phenoxy) is 2. The number of benzene rings is 1. The largest absolute Gasteiger partial charge is 0.497 e. The molecule has 0 saturated heterocycles. The van der Waals surface area contributed by atoms with Crippen LogP contribution in [0.15, 0.2) is 18.2 Å². The predicted octanol–water partition coefficient (Wildman–Crippen LogP) is 2.75. The van der Waals surface area contributed by atoms with Gasteiger partial charge in [0.15, 0.2) is 0 Å². The summed E-state index contributed by atoms with van der Waals surface area (Å²) in [7, 11) is 1.64. The molecule has 4 heteroatoms. The molecule has 18 heavy (non-hydrogen) atoms. The molecular weight excluding hydrogens is 228 g/mol. The Hall–Kier alpha value is -1.42. The van der Waals surface area contributed by atoms with Crippen LogP contribution in [-0.4, -0.2) is 26.9 Å². The minimum atomic E-state index is 0.684. The van der Waals surface area contributed by atoms with E-state index in [9.17, 15) is 0 Å². The lowest BCUT2D eigenvalue weighted by molar-refractivity contribution is 0.132. The summed E-state index contributed by atoms with van der Waals surface area (Å²) < 4.78 is 10.7. The third kappa shape index (κ3) is 5.27. The summed E-state index contributed by atoms with van der Waals surface area (Å²) in [4.78, 5) is 0. The van der Waals surface area contributed by atoms with Gasteiger partial charge in [0.2, 0.25) is 0 Å². The Balaban J connectivity index is 2.26. The van der Waals surface area contributed by atoms with Crippen molar-refractivity contribution < 1.29 is 9.47 Å². The van der Waals surface area contributed by atoms with Gasteiger partial charge in [-0.2, -0.15) is 0 Å². The molecule has 0 heterocycles. The second kappa shape index (κ2) is 7.82. The minimum absolute atomic E-state index is 0.684. The number of methoxy groups -OCH3 is 1. The van der Waals surface area contributed by atoms with Crippen molar-refractivity contribution in [2.75, 3.05) is 37.9 Å². The molecule has 0 aliphatic heterocycles. The number of hydrogen-bond acceptors (Lipinski definition) is 4. The summed E-state index contributed by atoms with van der Waals surface area (Å²) in [5.41, 5.74) is 7.48. The molecule has 0 aromatic heterocycles. The van der Waals surface area contributed by atoms with E-state index < -0.39 is 0 Å². The van der Waals surface area contributed by atoms with Gasteiger partial charge >= 0.3 is 0 Å². The van der Waals surface area contributed by atoms with Crippen molar-refractivity contribution in [1.82, 2.24) is 0 Å². The second-order valence-electron chi connectivity index (χ2n) is 4.67. The lowest BCUT2D eigenvalue weighted by atomic mass is 10.1. The number of nitrogens with one attached hydrogen (secondary N) is 1. The zero-order valence-electron chi connectivity index (χ0n) is 11.5. The van der Waals surface area contributed by atoms with Gasteiger partial charge < -0.3 is 20.5 Å². The fourth-order valence-electron chi connectivity index (χ4n) is 1.49. The monoisotopic (exact) mass is 252 g/mol. The van der Waals surface area contributed by atoms with Gasteiger partial charge in [-0.05, 0) is 24.5 Å². The van der Waals surface area contributed by atoms with Crippen molar-refractivity contribution in [3.8, 4) is 5.75 Å². The van der Waals surface area contributed by atoms with E-state index in [2.05, 4.69) is 19.2 Å². The first-order valence-electron chi connectivity index (χ1n) is 6.38. The van der Waals surface area contributed by atoms with Gasteiger partial charge in [0.1, 0.15) is 5.75 Å². The fraction of sp³-hybridized carbons (Fsp3) is 0.571. The van der Waals surface area contributed by atoms with E-state index in [1.165, 1.54) is 0 Å². The molecule has 102 valence electrons. The maximum Gasteiger partial charge on any atom is 0.121 e. The topological polar surface area (TPSA) is 56.5 Å². The standard InChI is InChI=1S/C14H24N2O2/c1-11(2)6-8-18-9-7-16-14-10-12(17-3)4-5-13(14)15/h4-5,10-11,16H,6-9,15H2,1-3H3. The third-order valence-corrected chi connectivity index (χ3v) is 2.66. The van der Waals surface area contributed by atoms with E-state index in [0.29, 0.717) is 12.5 Å². The van der Waals surface area contributed by atoms with Crippen molar-refractivity contribution in [2.45, 2.75) is 20.3 Å². The normalized spacial score (nSPS) is 10.7. The molecule has 3 N–H and O–H groups in total. The molecule has 0 atom stereocenters. The van der Waals surface area contributed by atoms with Gasteiger partial charge in [0.05, 0.1) is 25.1 Å². The Morgan fingerprint density at radius 2 is 2.06 bits per heavy atom. The molecule has 1 aromatic carbocycles. The quantitative estimate of drug-likeness (QED) is 0.552. The van der Waals surface area contributed by atoms with Crippen LogP contribution >= 0.6 is 0 Å². The summed E-state index contributed by atoms with van der Waals surface area (Å²) in [6.07, 6.45) is 1.10. The van der Waals surface area contributed by atoms with Crippen LogP contribution in [0, 0.1) is 5.92 Å². The van der Waals surface area contributed by atoms with Crippen LogP contribution in [0.5, 0.6) is 5.75 Å². The van der Waals surface area contributed by atoms with Crippen LogP contribution in [0.4, 0.5) is 11.4 Å². The Kier molecular flexibility index (Phi) is 6.36. The zero-order valence-corrected chi connectivity index (χ0v) is 11.5. The van der Waals surface area contributed by atoms with Crippen molar-refractivity contribution in [3.63, 3.8) is 0 Å². The lowest BCUT2D eigenvalue weighted by Gasteiger charge is -2.11. The third-order valence-electron chi connectivity index (χ3n) is 2.66. The fourth-order valence-corrected chi connectivity index (χ4v) is 1.49. The van der Waals surface area contributed by atoms with Crippen LogP contribution < -0.4 is 15.8 Å². The number of nitrogen functional groups attached to an aromatic ring is 1. The predicted molar refractivity (Wildman–Crippen MR) is 76.2 cm³/mol. The molecule has 0 aliphatic carbocycles. The van der Waals surface area contributed by atoms with E-state index in [1.54, 1.807) is 7.11 Å². The van der Waals surface area contributed by atoms with Gasteiger partial charge in [-0.3, -0.25) is 0 Å². The summed E-state index contributed by atoms with van der Waals surface area (Å²) in [6.45, 7) is 6.63. The van der Waals surface area contributed by atoms with Gasteiger partial charge in [-0.15, -0.1) is 0 Å². The van der Waals surface area contributed by atoms with Gasteiger partial charge in [-0.1, -0.05) is 13.8 Å². The van der Waals surface area contributed by atoms with Gasteiger partial charge in [0, 0.05) is 19.2 Å². The lowest BCUT2D eigenvalue weighted by Crippen LogP contribution is -2.12. The second-order valence-corrected chi connectivity index (χ2v) is 4.67. The molecule has 0 radical (unpaired) electrons. The van der Waals surface area contributed by atoms with Gasteiger partial charge in [-0.25, -0.2) is 0 Å². The summed E-state index contributed by atoms with van der Waals surface area (Å²) in [5, 5.41) is 3.25. The molecule has 0 spiro atoms. The van der Waals surface area contributed by atoms with E-state index in [-0.39, 0.29) is 0 Å². The highest BCUT2D eigenvalue weighted by atomic mass is 16.5. The Labute approximate surface area is 109 Å². The zero-order chi connectivity index (χ0) is 13.4. The Morgan fingerprint density at radius 3 is 2.72 bits per heavy atom. The Morgan fingerprint density at radius 1 is 1.28 bits per heavy atom. The average Bonchev–Trinajstić information content (AvgIpc) is 2.35. The number of nitrogens with two attached hydrogens (primary N) is 1. The average molecular weight is 252 g/mol. The molecule has 0 saturated carbocycles. The summed E-state index contributed by atoms with van der Waals surface area (Å²) in [5.74, 6) is 1.49. The van der Waals surface area contributed by atoms with Crippen LogP contribution in [0.1, 0.15) is 20.3 Å². The molecule has 0 amide bonds. The molecule has 4 nitrogen and oxygen atoms in total. The van der Waals surface area contributed by atoms with Crippen LogP contribution in [-0.2, 0) is 4.74 Å². The minimum Gasteiger partial charge on any atom is -0.497 e. The maximum atomic E-state index is 5.87. The van der Waals surface area contributed by atoms with E-state index >= 15 is 0 Å². The number of hydrogen-bond donors (Lipinski definition) is 2. The molecule has 0 unspecified atom stereocenters. The van der Waals surface area contributed by atoms with Crippen LogP contribution in [0.2, 0.25) is 0 Å². The van der Waals surface area contributed by atoms with Crippen LogP contribution in [0.3, 0.4) is 0 Å². The molecule has 0 aliphatic rings. The molecule has 0 fully saturated rings. The molecular formula is C14H24N2O2. The number of rotatable bonds is 8. The highest BCUT2D eigenvalue weighted by molar-refractivity contribution is 5.68. The first kappa shape index (κ1) is 14.6. The van der Waals surface area contributed by atoms with E-state index in [1.807, 2.05) is 18.2 Å². The van der Waals surface area contributed by atoms with E-state index in [0.717, 1.165) is 36.7 Å². The van der Waals surface area contributed by atoms with Crippen molar-refractivity contribution in [3.05, 3.63) is 18.2 Å².